The molecule has 164 valence electrons. The lowest BCUT2D eigenvalue weighted by Gasteiger charge is -2.11. The van der Waals surface area contributed by atoms with Crippen LogP contribution in [0.25, 0.3) is 0 Å². The van der Waals surface area contributed by atoms with Crippen LogP contribution in [-0.2, 0) is 16.2 Å². The highest BCUT2D eigenvalue weighted by atomic mass is 16.6. The number of hydrogen-bond donors (Lipinski definition) is 1. The summed E-state index contributed by atoms with van der Waals surface area (Å²) in [7, 11) is 1.53. The number of rotatable bonds is 10. The number of ketones is 1. The standard InChI is InChI=1S/C27H28N2O3/c1-19(30)25-16-26(25)21-10-12-23(13-11-21)28-17-20-8-14-24(15-9-20)32-18-27(29-31-2)22-6-4-3-5-7-22/h3-15,25-26,28H,16-18H2,1-2H3/b29-27-/t25-,26-/m0/s1. The highest BCUT2D eigenvalue weighted by Crippen LogP contribution is 2.48. The van der Waals surface area contributed by atoms with Gasteiger partial charge in [-0.2, -0.15) is 0 Å². The monoisotopic (exact) mass is 428 g/mol. The molecule has 5 nitrogen and oxygen atoms in total. The van der Waals surface area contributed by atoms with Gasteiger partial charge < -0.3 is 14.9 Å². The Morgan fingerprint density at radius 2 is 1.72 bits per heavy atom. The van der Waals surface area contributed by atoms with Crippen LogP contribution in [0.4, 0.5) is 5.69 Å². The highest BCUT2D eigenvalue weighted by molar-refractivity contribution is 6.01. The zero-order valence-corrected chi connectivity index (χ0v) is 18.5. The second-order valence-corrected chi connectivity index (χ2v) is 8.05. The summed E-state index contributed by atoms with van der Waals surface area (Å²) < 4.78 is 5.90. The average Bonchev–Trinajstić information content (AvgIpc) is 3.63. The second-order valence-electron chi connectivity index (χ2n) is 8.05. The number of carbonyl (C=O) groups is 1. The van der Waals surface area contributed by atoms with E-state index < -0.39 is 0 Å². The Kier molecular flexibility index (Phi) is 6.85. The van der Waals surface area contributed by atoms with E-state index in [1.807, 2.05) is 54.6 Å². The van der Waals surface area contributed by atoms with Crippen LogP contribution in [0.15, 0.2) is 84.0 Å². The number of nitrogens with one attached hydrogen (secondary N) is 1. The molecule has 0 saturated heterocycles. The van der Waals surface area contributed by atoms with Gasteiger partial charge in [0.1, 0.15) is 31.0 Å². The van der Waals surface area contributed by atoms with Gasteiger partial charge in [-0.25, -0.2) is 0 Å². The average molecular weight is 429 g/mol. The van der Waals surface area contributed by atoms with Crippen molar-refractivity contribution in [3.63, 3.8) is 0 Å². The van der Waals surface area contributed by atoms with E-state index in [0.29, 0.717) is 18.3 Å². The van der Waals surface area contributed by atoms with Gasteiger partial charge in [0.25, 0.3) is 0 Å². The first-order valence-electron chi connectivity index (χ1n) is 10.9. The Balaban J connectivity index is 1.27. The minimum absolute atomic E-state index is 0.221. The molecular formula is C27H28N2O3. The summed E-state index contributed by atoms with van der Waals surface area (Å²) in [6.07, 6.45) is 0.987. The molecule has 3 aromatic rings. The molecule has 0 spiro atoms. The first-order chi connectivity index (χ1) is 15.6. The molecule has 3 aromatic carbocycles. The van der Waals surface area contributed by atoms with Crippen LogP contribution < -0.4 is 10.1 Å². The lowest BCUT2D eigenvalue weighted by molar-refractivity contribution is -0.118. The minimum atomic E-state index is 0.221. The van der Waals surface area contributed by atoms with Gasteiger partial charge in [-0.15, -0.1) is 0 Å². The molecule has 1 N–H and O–H groups in total. The number of ether oxygens (including phenoxy) is 1. The van der Waals surface area contributed by atoms with Crippen molar-refractivity contribution < 1.29 is 14.4 Å². The molecular weight excluding hydrogens is 400 g/mol. The van der Waals surface area contributed by atoms with Crippen LogP contribution in [0.5, 0.6) is 5.75 Å². The van der Waals surface area contributed by atoms with Crippen LogP contribution in [0.2, 0.25) is 0 Å². The van der Waals surface area contributed by atoms with Gasteiger partial charge in [0.05, 0.1) is 0 Å². The Labute approximate surface area is 189 Å². The summed E-state index contributed by atoms with van der Waals surface area (Å²) in [5, 5.41) is 7.53. The number of Topliss-reactive ketones (excluding diaryl/α,β-unsaturated/α-hetero) is 1. The van der Waals surface area contributed by atoms with Crippen molar-refractivity contribution in [2.24, 2.45) is 11.1 Å². The fourth-order valence-electron chi connectivity index (χ4n) is 3.82. The summed E-state index contributed by atoms with van der Waals surface area (Å²) in [5.41, 5.74) is 5.19. The quantitative estimate of drug-likeness (QED) is 0.346. The zero-order chi connectivity index (χ0) is 22.3. The fourth-order valence-corrected chi connectivity index (χ4v) is 3.82. The van der Waals surface area contributed by atoms with Crippen molar-refractivity contribution in [1.82, 2.24) is 0 Å². The number of carbonyl (C=O) groups excluding carboxylic acids is 1. The largest absolute Gasteiger partial charge is 0.487 e. The fraction of sp³-hybridized carbons (Fsp3) is 0.259. The van der Waals surface area contributed by atoms with Crippen LogP contribution >= 0.6 is 0 Å². The Morgan fingerprint density at radius 3 is 2.34 bits per heavy atom. The molecule has 1 aliphatic rings. The van der Waals surface area contributed by atoms with Crippen LogP contribution in [0.3, 0.4) is 0 Å². The SMILES string of the molecule is CO/N=C(/COc1ccc(CNc2ccc([C@@H]3C[C@H]3C(C)=O)cc2)cc1)c1ccccc1. The molecule has 1 saturated carbocycles. The second kappa shape index (κ2) is 10.1. The van der Waals surface area contributed by atoms with E-state index in [1.165, 1.54) is 12.7 Å². The van der Waals surface area contributed by atoms with Crippen molar-refractivity contribution in [3.8, 4) is 5.75 Å². The smallest absolute Gasteiger partial charge is 0.134 e. The third kappa shape index (κ3) is 5.55. The van der Waals surface area contributed by atoms with Crippen molar-refractivity contribution in [1.29, 1.82) is 0 Å². The summed E-state index contributed by atoms with van der Waals surface area (Å²) >= 11 is 0. The third-order valence-corrected chi connectivity index (χ3v) is 5.76. The van der Waals surface area contributed by atoms with E-state index in [1.54, 1.807) is 6.92 Å². The van der Waals surface area contributed by atoms with Gasteiger partial charge >= 0.3 is 0 Å². The molecule has 0 aromatic heterocycles. The van der Waals surface area contributed by atoms with Gasteiger partial charge in [-0.1, -0.05) is 59.8 Å². The maximum atomic E-state index is 11.5. The molecule has 32 heavy (non-hydrogen) atoms. The summed E-state index contributed by atoms with van der Waals surface area (Å²) in [6.45, 7) is 2.74. The topological polar surface area (TPSA) is 59.9 Å². The maximum absolute atomic E-state index is 11.5. The van der Waals surface area contributed by atoms with E-state index in [9.17, 15) is 4.79 Å². The van der Waals surface area contributed by atoms with Gasteiger partial charge in [0.2, 0.25) is 0 Å². The number of hydrogen-bond acceptors (Lipinski definition) is 5. The van der Waals surface area contributed by atoms with Crippen LogP contribution in [-0.4, -0.2) is 25.2 Å². The van der Waals surface area contributed by atoms with Crippen molar-refractivity contribution in [3.05, 3.63) is 95.6 Å². The Hall–Kier alpha value is -3.60. The van der Waals surface area contributed by atoms with E-state index in [-0.39, 0.29) is 5.92 Å². The Morgan fingerprint density at radius 1 is 1.00 bits per heavy atom. The van der Waals surface area contributed by atoms with E-state index >= 15 is 0 Å². The van der Waals surface area contributed by atoms with Crippen molar-refractivity contribution in [2.75, 3.05) is 19.0 Å². The maximum Gasteiger partial charge on any atom is 0.134 e. The normalized spacial score (nSPS) is 17.5. The number of anilines is 1. The van der Waals surface area contributed by atoms with Gasteiger partial charge in [0, 0.05) is 23.7 Å². The number of nitrogens with zero attached hydrogens (tertiary/aromatic N) is 1. The third-order valence-electron chi connectivity index (χ3n) is 5.76. The van der Waals surface area contributed by atoms with Gasteiger partial charge in [-0.05, 0) is 54.7 Å². The lowest BCUT2D eigenvalue weighted by atomic mass is 10.1. The van der Waals surface area contributed by atoms with Gasteiger partial charge in [-0.3, -0.25) is 4.79 Å². The van der Waals surface area contributed by atoms with Gasteiger partial charge in [0.15, 0.2) is 0 Å². The lowest BCUT2D eigenvalue weighted by Crippen LogP contribution is -2.13. The molecule has 0 radical (unpaired) electrons. The summed E-state index contributed by atoms with van der Waals surface area (Å²) in [5.74, 6) is 1.71. The molecule has 0 aliphatic heterocycles. The van der Waals surface area contributed by atoms with E-state index in [2.05, 4.69) is 34.7 Å². The molecule has 4 rings (SSSR count). The first-order valence-corrected chi connectivity index (χ1v) is 10.9. The molecule has 2 atom stereocenters. The van der Waals surface area contributed by atoms with E-state index in [0.717, 1.165) is 41.2 Å². The highest BCUT2D eigenvalue weighted by Gasteiger charge is 2.41. The molecule has 0 bridgehead atoms. The molecule has 0 heterocycles. The molecule has 1 aliphatic carbocycles. The number of oxime groups is 1. The van der Waals surface area contributed by atoms with E-state index in [4.69, 9.17) is 9.57 Å². The Bertz CT molecular complexity index is 1060. The molecule has 0 amide bonds. The first kappa shape index (κ1) is 21.6. The molecule has 5 heteroatoms. The predicted molar refractivity (Wildman–Crippen MR) is 127 cm³/mol. The minimum Gasteiger partial charge on any atom is -0.487 e. The number of benzene rings is 3. The van der Waals surface area contributed by atoms with Crippen molar-refractivity contribution in [2.45, 2.75) is 25.8 Å². The van der Waals surface area contributed by atoms with Crippen LogP contribution in [0.1, 0.15) is 36.0 Å². The van der Waals surface area contributed by atoms with Crippen molar-refractivity contribution >= 4 is 17.2 Å². The molecule has 1 fully saturated rings. The summed E-state index contributed by atoms with van der Waals surface area (Å²) in [6, 6.07) is 26.3. The summed E-state index contributed by atoms with van der Waals surface area (Å²) in [4.78, 5) is 16.4. The zero-order valence-electron chi connectivity index (χ0n) is 18.5. The predicted octanol–water partition coefficient (Wildman–Crippen LogP) is 5.42. The molecule has 0 unspecified atom stereocenters. The van der Waals surface area contributed by atoms with Crippen LogP contribution in [0, 0.1) is 5.92 Å².